The average Bonchev–Trinajstić information content (AvgIpc) is 2.89. The van der Waals surface area contributed by atoms with E-state index in [1.165, 1.54) is 13.3 Å². The van der Waals surface area contributed by atoms with E-state index in [9.17, 15) is 4.79 Å². The summed E-state index contributed by atoms with van der Waals surface area (Å²) in [5.74, 6) is -0.0855. The summed E-state index contributed by atoms with van der Waals surface area (Å²) in [6.07, 6.45) is 6.74. The van der Waals surface area contributed by atoms with E-state index in [0.29, 0.717) is 0 Å². The molecule has 0 amide bonds. The van der Waals surface area contributed by atoms with Crippen molar-refractivity contribution in [1.29, 1.82) is 0 Å². The van der Waals surface area contributed by atoms with Crippen LogP contribution in [0.3, 0.4) is 0 Å². The minimum atomic E-state index is -0.232. The van der Waals surface area contributed by atoms with E-state index < -0.39 is 0 Å². The van der Waals surface area contributed by atoms with Crippen LogP contribution in [0.2, 0.25) is 0 Å². The average molecular weight is 304 g/mol. The fraction of sp³-hybridized carbons (Fsp3) is 0.722. The standard InChI is InChI=1S/C18H24O4/c1-11(19)21-14-13(12-6-9-20-10-12)17(4)8-5-7-16(2,3)18(17)15(14)22-18/h6,9-10,13-15H,5,7-8H2,1-4H3/t13-,14-,15-,17+,18+/m0/s1. The molecule has 3 aliphatic rings. The van der Waals surface area contributed by atoms with Crippen LogP contribution in [0.15, 0.2) is 23.0 Å². The molecule has 0 N–H and O–H groups in total. The minimum absolute atomic E-state index is 0.0107. The van der Waals surface area contributed by atoms with E-state index in [1.54, 1.807) is 12.5 Å². The summed E-state index contributed by atoms with van der Waals surface area (Å²) in [5, 5.41) is 0. The molecule has 4 rings (SSSR count). The van der Waals surface area contributed by atoms with Gasteiger partial charge in [-0.3, -0.25) is 4.79 Å². The number of esters is 1. The van der Waals surface area contributed by atoms with Crippen molar-refractivity contribution >= 4 is 5.97 Å². The Hall–Kier alpha value is -1.29. The Morgan fingerprint density at radius 1 is 1.32 bits per heavy atom. The molecule has 0 unspecified atom stereocenters. The molecule has 0 aromatic carbocycles. The van der Waals surface area contributed by atoms with E-state index >= 15 is 0 Å². The van der Waals surface area contributed by atoms with Crippen LogP contribution in [-0.2, 0) is 14.3 Å². The second-order valence-corrected chi connectivity index (χ2v) is 8.04. The van der Waals surface area contributed by atoms with Crippen molar-refractivity contribution in [3.8, 4) is 0 Å². The molecule has 2 saturated carbocycles. The fourth-order valence-electron chi connectivity index (χ4n) is 5.77. The third-order valence-corrected chi connectivity index (χ3v) is 6.53. The van der Waals surface area contributed by atoms with Gasteiger partial charge in [-0.05, 0) is 29.9 Å². The highest BCUT2D eigenvalue weighted by Gasteiger charge is 2.84. The van der Waals surface area contributed by atoms with Gasteiger partial charge in [0.15, 0.2) is 0 Å². The Kier molecular flexibility index (Phi) is 2.71. The van der Waals surface area contributed by atoms with Crippen LogP contribution in [0.1, 0.15) is 58.4 Å². The first-order valence-corrected chi connectivity index (χ1v) is 8.21. The third kappa shape index (κ3) is 1.49. The van der Waals surface area contributed by atoms with Crippen LogP contribution >= 0.6 is 0 Å². The van der Waals surface area contributed by atoms with Gasteiger partial charge in [0.1, 0.15) is 17.8 Å². The van der Waals surface area contributed by atoms with Gasteiger partial charge in [-0.1, -0.05) is 27.2 Å². The highest BCUT2D eigenvalue weighted by Crippen LogP contribution is 2.77. The van der Waals surface area contributed by atoms with Crippen molar-refractivity contribution in [3.63, 3.8) is 0 Å². The van der Waals surface area contributed by atoms with Crippen molar-refractivity contribution in [2.45, 2.75) is 70.7 Å². The van der Waals surface area contributed by atoms with Crippen molar-refractivity contribution in [3.05, 3.63) is 24.2 Å². The summed E-state index contributed by atoms with van der Waals surface area (Å²) in [5.41, 5.74) is 1.02. The number of epoxide rings is 1. The highest BCUT2D eigenvalue weighted by molar-refractivity contribution is 5.66. The number of rotatable bonds is 2. The Labute approximate surface area is 131 Å². The molecule has 120 valence electrons. The van der Waals surface area contributed by atoms with Gasteiger partial charge in [0, 0.05) is 18.3 Å². The molecule has 3 fully saturated rings. The largest absolute Gasteiger partial charge is 0.472 e. The zero-order valence-electron chi connectivity index (χ0n) is 13.7. The number of hydrogen-bond acceptors (Lipinski definition) is 4. The Balaban J connectivity index is 1.83. The maximum Gasteiger partial charge on any atom is 0.303 e. The molecule has 1 spiro atoms. The molecule has 0 radical (unpaired) electrons. The van der Waals surface area contributed by atoms with Crippen LogP contribution in [0, 0.1) is 10.8 Å². The van der Waals surface area contributed by atoms with Crippen LogP contribution < -0.4 is 0 Å². The lowest BCUT2D eigenvalue weighted by atomic mass is 9.54. The number of furan rings is 1. The lowest BCUT2D eigenvalue weighted by Crippen LogP contribution is -2.51. The molecule has 0 bridgehead atoms. The summed E-state index contributed by atoms with van der Waals surface area (Å²) in [4.78, 5) is 11.6. The third-order valence-electron chi connectivity index (χ3n) is 6.53. The zero-order valence-corrected chi connectivity index (χ0v) is 13.7. The van der Waals surface area contributed by atoms with Gasteiger partial charge in [-0.25, -0.2) is 0 Å². The molecule has 1 aromatic rings. The zero-order chi connectivity index (χ0) is 15.8. The molecule has 2 aliphatic carbocycles. The first-order valence-electron chi connectivity index (χ1n) is 8.21. The van der Waals surface area contributed by atoms with Crippen LogP contribution in [0.25, 0.3) is 0 Å². The molecule has 1 aromatic heterocycles. The predicted molar refractivity (Wildman–Crippen MR) is 80.3 cm³/mol. The van der Waals surface area contributed by atoms with E-state index in [4.69, 9.17) is 13.9 Å². The van der Waals surface area contributed by atoms with Crippen LogP contribution in [0.4, 0.5) is 0 Å². The van der Waals surface area contributed by atoms with Gasteiger partial charge < -0.3 is 13.9 Å². The molecule has 5 atom stereocenters. The molecular weight excluding hydrogens is 280 g/mol. The molecule has 4 nitrogen and oxygen atoms in total. The molecule has 1 saturated heterocycles. The summed E-state index contributed by atoms with van der Waals surface area (Å²) in [7, 11) is 0. The van der Waals surface area contributed by atoms with Gasteiger partial charge in [-0.2, -0.15) is 0 Å². The molecule has 1 aliphatic heterocycles. The fourth-order valence-corrected chi connectivity index (χ4v) is 5.77. The van der Waals surface area contributed by atoms with Gasteiger partial charge >= 0.3 is 5.97 Å². The monoisotopic (exact) mass is 304 g/mol. The van der Waals surface area contributed by atoms with E-state index in [2.05, 4.69) is 20.8 Å². The van der Waals surface area contributed by atoms with E-state index in [0.717, 1.165) is 18.4 Å². The van der Waals surface area contributed by atoms with Crippen molar-refractivity contribution in [2.24, 2.45) is 10.8 Å². The smallest absolute Gasteiger partial charge is 0.303 e. The van der Waals surface area contributed by atoms with Gasteiger partial charge in [0.05, 0.1) is 12.5 Å². The second-order valence-electron chi connectivity index (χ2n) is 8.04. The Morgan fingerprint density at radius 2 is 2.09 bits per heavy atom. The number of carbonyl (C=O) groups excluding carboxylic acids is 1. The number of ether oxygens (including phenoxy) is 2. The molecule has 22 heavy (non-hydrogen) atoms. The first-order chi connectivity index (χ1) is 10.3. The Morgan fingerprint density at radius 3 is 2.73 bits per heavy atom. The summed E-state index contributed by atoms with van der Waals surface area (Å²) >= 11 is 0. The lowest BCUT2D eigenvalue weighted by Gasteiger charge is -2.50. The summed E-state index contributed by atoms with van der Waals surface area (Å²) in [6, 6.07) is 2.01. The normalized spacial score (nSPS) is 45.0. The Bertz CT molecular complexity index is 605. The van der Waals surface area contributed by atoms with Gasteiger partial charge in [0.2, 0.25) is 0 Å². The number of carbonyl (C=O) groups is 1. The molecule has 2 heterocycles. The van der Waals surface area contributed by atoms with Gasteiger partial charge in [0.25, 0.3) is 0 Å². The molecular formula is C18H24O4. The van der Waals surface area contributed by atoms with Crippen LogP contribution in [0.5, 0.6) is 0 Å². The van der Waals surface area contributed by atoms with Crippen molar-refractivity contribution < 1.29 is 18.7 Å². The van der Waals surface area contributed by atoms with Crippen molar-refractivity contribution in [2.75, 3.05) is 0 Å². The predicted octanol–water partition coefficient (Wildman–Crippen LogP) is 3.66. The van der Waals surface area contributed by atoms with Crippen LogP contribution in [-0.4, -0.2) is 23.8 Å². The maximum atomic E-state index is 11.6. The molecule has 4 heteroatoms. The lowest BCUT2D eigenvalue weighted by molar-refractivity contribution is -0.152. The summed E-state index contributed by atoms with van der Waals surface area (Å²) < 4.78 is 17.4. The number of hydrogen-bond donors (Lipinski definition) is 0. The summed E-state index contributed by atoms with van der Waals surface area (Å²) in [6.45, 7) is 8.39. The first kappa shape index (κ1) is 14.3. The van der Waals surface area contributed by atoms with Crippen molar-refractivity contribution in [1.82, 2.24) is 0 Å². The second kappa shape index (κ2) is 4.16. The minimum Gasteiger partial charge on any atom is -0.472 e. The van der Waals surface area contributed by atoms with Gasteiger partial charge in [-0.15, -0.1) is 0 Å². The van der Waals surface area contributed by atoms with E-state index in [1.807, 2.05) is 6.07 Å². The maximum absolute atomic E-state index is 11.6. The van der Waals surface area contributed by atoms with E-state index in [-0.39, 0.29) is 40.5 Å². The topological polar surface area (TPSA) is 52.0 Å². The quantitative estimate of drug-likeness (QED) is 0.618. The highest BCUT2D eigenvalue weighted by atomic mass is 16.7. The SMILES string of the molecule is CC(=O)O[C@@H]1[C@@H]2O[C@@]23C(C)(C)CCC[C@]3(C)[C@H]1c1ccoc1.